The van der Waals surface area contributed by atoms with E-state index in [2.05, 4.69) is 16.0 Å². The minimum atomic E-state index is -0.860. The second-order valence-corrected chi connectivity index (χ2v) is 4.93. The SMILES string of the molecule is CC.CCCCNC(=O)C(N)CC(=O)NCCOCCNC(=O)CO. The Balaban J connectivity index is 0. The largest absolute Gasteiger partial charge is 0.387 e. The minimum Gasteiger partial charge on any atom is -0.387 e. The van der Waals surface area contributed by atoms with Gasteiger partial charge in [0.25, 0.3) is 0 Å². The zero-order chi connectivity index (χ0) is 19.5. The summed E-state index contributed by atoms with van der Waals surface area (Å²) in [7, 11) is 0. The Morgan fingerprint density at radius 1 is 1.00 bits per heavy atom. The maximum atomic E-state index is 11.6. The molecule has 0 heterocycles. The van der Waals surface area contributed by atoms with Crippen LogP contribution in [0.3, 0.4) is 0 Å². The lowest BCUT2D eigenvalue weighted by atomic mass is 10.2. The molecule has 0 aliphatic rings. The van der Waals surface area contributed by atoms with Crippen LogP contribution in [0.1, 0.15) is 40.0 Å². The molecule has 0 aromatic rings. The van der Waals surface area contributed by atoms with Crippen LogP contribution >= 0.6 is 0 Å². The van der Waals surface area contributed by atoms with Crippen LogP contribution in [-0.4, -0.2) is 68.3 Å². The molecule has 6 N–H and O–H groups in total. The summed E-state index contributed by atoms with van der Waals surface area (Å²) in [6.45, 7) is 7.16. The Labute approximate surface area is 150 Å². The molecule has 25 heavy (non-hydrogen) atoms. The number of amides is 3. The van der Waals surface area contributed by atoms with E-state index in [9.17, 15) is 14.4 Å². The second kappa shape index (κ2) is 18.6. The van der Waals surface area contributed by atoms with E-state index in [-0.39, 0.29) is 44.5 Å². The fraction of sp³-hybridized carbons (Fsp3) is 0.812. The third kappa shape index (κ3) is 16.9. The summed E-state index contributed by atoms with van der Waals surface area (Å²) in [5.41, 5.74) is 5.65. The van der Waals surface area contributed by atoms with Gasteiger partial charge in [-0.1, -0.05) is 27.2 Å². The van der Waals surface area contributed by atoms with Crippen molar-refractivity contribution in [2.24, 2.45) is 5.73 Å². The number of carbonyl (C=O) groups is 3. The lowest BCUT2D eigenvalue weighted by Crippen LogP contribution is -2.44. The molecule has 0 saturated carbocycles. The summed E-state index contributed by atoms with van der Waals surface area (Å²) in [5.74, 6) is -1.11. The highest BCUT2D eigenvalue weighted by Gasteiger charge is 2.16. The summed E-state index contributed by atoms with van der Waals surface area (Å²) in [4.78, 5) is 33.9. The van der Waals surface area contributed by atoms with Crippen LogP contribution in [0.5, 0.6) is 0 Å². The number of hydrogen-bond acceptors (Lipinski definition) is 6. The van der Waals surface area contributed by atoms with Gasteiger partial charge < -0.3 is 31.5 Å². The van der Waals surface area contributed by atoms with Gasteiger partial charge in [0, 0.05) is 19.6 Å². The molecule has 1 atom stereocenters. The molecule has 0 spiro atoms. The van der Waals surface area contributed by atoms with E-state index in [1.807, 2.05) is 20.8 Å². The highest BCUT2D eigenvalue weighted by molar-refractivity contribution is 5.88. The lowest BCUT2D eigenvalue weighted by Gasteiger charge is -2.12. The van der Waals surface area contributed by atoms with Crippen molar-refractivity contribution in [1.82, 2.24) is 16.0 Å². The van der Waals surface area contributed by atoms with Crippen molar-refractivity contribution in [3.63, 3.8) is 0 Å². The summed E-state index contributed by atoms with van der Waals surface area (Å²) in [5, 5.41) is 16.2. The summed E-state index contributed by atoms with van der Waals surface area (Å²) >= 11 is 0. The first-order chi connectivity index (χ1) is 12.0. The number of nitrogens with one attached hydrogen (secondary N) is 3. The van der Waals surface area contributed by atoms with Crippen LogP contribution in [0.4, 0.5) is 0 Å². The molecule has 9 nitrogen and oxygen atoms in total. The molecular formula is C16H34N4O5. The van der Waals surface area contributed by atoms with Crippen LogP contribution in [0.2, 0.25) is 0 Å². The zero-order valence-electron chi connectivity index (χ0n) is 15.6. The second-order valence-electron chi connectivity index (χ2n) is 4.93. The standard InChI is InChI=1S/C14H28N4O5.C2H6/c1-2-3-4-18-14(22)11(15)9-12(20)16-5-7-23-8-6-17-13(21)10-19;1-2/h11,19H,2-10,15H2,1H3,(H,16,20)(H,17,21)(H,18,22);1-2H3. The van der Waals surface area contributed by atoms with Crippen LogP contribution in [-0.2, 0) is 19.1 Å². The van der Waals surface area contributed by atoms with Crippen molar-refractivity contribution in [1.29, 1.82) is 0 Å². The lowest BCUT2D eigenvalue weighted by molar-refractivity contribution is -0.127. The van der Waals surface area contributed by atoms with E-state index in [0.29, 0.717) is 6.54 Å². The maximum absolute atomic E-state index is 11.6. The minimum absolute atomic E-state index is 0.0789. The molecule has 1 unspecified atom stereocenters. The van der Waals surface area contributed by atoms with E-state index in [1.54, 1.807) is 0 Å². The number of ether oxygens (including phenoxy) is 1. The Bertz CT molecular complexity index is 366. The predicted octanol–water partition coefficient (Wildman–Crippen LogP) is -1.11. The molecule has 0 rings (SSSR count). The van der Waals surface area contributed by atoms with E-state index in [0.717, 1.165) is 12.8 Å². The van der Waals surface area contributed by atoms with E-state index >= 15 is 0 Å². The van der Waals surface area contributed by atoms with Gasteiger partial charge in [0.2, 0.25) is 17.7 Å². The Kier molecular flexibility index (Phi) is 19.0. The van der Waals surface area contributed by atoms with Gasteiger partial charge in [-0.15, -0.1) is 0 Å². The van der Waals surface area contributed by atoms with Crippen LogP contribution in [0, 0.1) is 0 Å². The molecule has 3 amide bonds. The third-order valence-corrected chi connectivity index (χ3v) is 2.85. The first kappa shape index (κ1) is 25.5. The number of rotatable bonds is 13. The molecule has 0 aliphatic heterocycles. The van der Waals surface area contributed by atoms with Gasteiger partial charge in [-0.05, 0) is 6.42 Å². The predicted molar refractivity (Wildman–Crippen MR) is 95.8 cm³/mol. The van der Waals surface area contributed by atoms with Crippen LogP contribution < -0.4 is 21.7 Å². The molecule has 0 aromatic carbocycles. The number of hydrogen-bond donors (Lipinski definition) is 5. The van der Waals surface area contributed by atoms with E-state index in [1.165, 1.54) is 0 Å². The van der Waals surface area contributed by atoms with Crippen LogP contribution in [0.15, 0.2) is 0 Å². The van der Waals surface area contributed by atoms with Gasteiger partial charge in [0.1, 0.15) is 6.61 Å². The van der Waals surface area contributed by atoms with Crippen molar-refractivity contribution in [2.75, 3.05) is 39.5 Å². The molecular weight excluding hydrogens is 328 g/mol. The fourth-order valence-corrected chi connectivity index (χ4v) is 1.57. The molecule has 0 aliphatic carbocycles. The van der Waals surface area contributed by atoms with E-state index < -0.39 is 18.6 Å². The first-order valence-electron chi connectivity index (χ1n) is 8.76. The molecule has 0 saturated heterocycles. The molecule has 0 radical (unpaired) electrons. The molecule has 0 fully saturated rings. The monoisotopic (exact) mass is 362 g/mol. The van der Waals surface area contributed by atoms with Crippen LogP contribution in [0.25, 0.3) is 0 Å². The molecule has 9 heteroatoms. The number of unbranched alkanes of at least 4 members (excludes halogenated alkanes) is 1. The topological polar surface area (TPSA) is 143 Å². The molecule has 0 aromatic heterocycles. The van der Waals surface area contributed by atoms with Crippen molar-refractivity contribution < 1.29 is 24.2 Å². The summed E-state index contributed by atoms with van der Waals surface area (Å²) in [6.07, 6.45) is 1.77. The maximum Gasteiger partial charge on any atom is 0.245 e. The quantitative estimate of drug-likeness (QED) is 0.263. The average Bonchev–Trinajstić information content (AvgIpc) is 2.62. The van der Waals surface area contributed by atoms with Gasteiger partial charge >= 0.3 is 0 Å². The van der Waals surface area contributed by atoms with Gasteiger partial charge in [0.05, 0.1) is 25.7 Å². The average molecular weight is 362 g/mol. The zero-order valence-corrected chi connectivity index (χ0v) is 15.6. The molecule has 0 bridgehead atoms. The Morgan fingerprint density at radius 2 is 1.56 bits per heavy atom. The number of carbonyl (C=O) groups excluding carboxylic acids is 3. The number of aliphatic hydroxyl groups excluding tert-OH is 1. The smallest absolute Gasteiger partial charge is 0.245 e. The van der Waals surface area contributed by atoms with Crippen molar-refractivity contribution in [2.45, 2.75) is 46.1 Å². The van der Waals surface area contributed by atoms with Crippen molar-refractivity contribution in [3.05, 3.63) is 0 Å². The highest BCUT2D eigenvalue weighted by Crippen LogP contribution is 1.90. The normalized spacial score (nSPS) is 10.9. The Hall–Kier alpha value is -1.71. The fourth-order valence-electron chi connectivity index (χ4n) is 1.57. The first-order valence-corrected chi connectivity index (χ1v) is 8.76. The Morgan fingerprint density at radius 3 is 2.08 bits per heavy atom. The van der Waals surface area contributed by atoms with Crippen molar-refractivity contribution in [3.8, 4) is 0 Å². The van der Waals surface area contributed by atoms with E-state index in [4.69, 9.17) is 15.6 Å². The van der Waals surface area contributed by atoms with Gasteiger partial charge in [-0.25, -0.2) is 0 Å². The van der Waals surface area contributed by atoms with Crippen molar-refractivity contribution >= 4 is 17.7 Å². The number of nitrogens with two attached hydrogens (primary N) is 1. The summed E-state index contributed by atoms with van der Waals surface area (Å²) in [6, 6.07) is -0.860. The van der Waals surface area contributed by atoms with Gasteiger partial charge in [-0.2, -0.15) is 0 Å². The number of aliphatic hydroxyl groups is 1. The summed E-state index contributed by atoms with van der Waals surface area (Å²) < 4.78 is 5.18. The van der Waals surface area contributed by atoms with Gasteiger partial charge in [0.15, 0.2) is 0 Å². The molecule has 148 valence electrons. The third-order valence-electron chi connectivity index (χ3n) is 2.85. The highest BCUT2D eigenvalue weighted by atomic mass is 16.5. The van der Waals surface area contributed by atoms with Gasteiger partial charge in [-0.3, -0.25) is 14.4 Å².